The average molecular weight is 409 g/mol. The Kier molecular flexibility index (Phi) is 4.21. The van der Waals surface area contributed by atoms with Crippen molar-refractivity contribution in [3.05, 3.63) is 72.8 Å². The van der Waals surface area contributed by atoms with Gasteiger partial charge in [-0.05, 0) is 55.8 Å². The van der Waals surface area contributed by atoms with Gasteiger partial charge in [-0.2, -0.15) is 10.2 Å². The number of fused-ring (bicyclic) bond motifs is 2. The van der Waals surface area contributed by atoms with Gasteiger partial charge in [0.25, 0.3) is 0 Å². The van der Waals surface area contributed by atoms with Crippen molar-refractivity contribution in [1.82, 2.24) is 29.7 Å². The van der Waals surface area contributed by atoms with Crippen molar-refractivity contribution in [2.24, 2.45) is 0 Å². The Bertz CT molecular complexity index is 1380. The first-order valence-corrected chi connectivity index (χ1v) is 10.7. The normalized spacial score (nSPS) is 15.1. The number of benzene rings is 2. The van der Waals surface area contributed by atoms with Crippen molar-refractivity contribution in [2.45, 2.75) is 18.8 Å². The number of aromatic nitrogens is 5. The fourth-order valence-electron chi connectivity index (χ4n) is 4.62. The van der Waals surface area contributed by atoms with E-state index in [1.54, 1.807) is 6.33 Å². The number of para-hydroxylation sites is 1. The summed E-state index contributed by atoms with van der Waals surface area (Å²) in [6.07, 6.45) is 5.79. The Hall–Kier alpha value is -3.71. The summed E-state index contributed by atoms with van der Waals surface area (Å²) in [4.78, 5) is 4.27. The van der Waals surface area contributed by atoms with E-state index in [2.05, 4.69) is 58.0 Å². The summed E-state index contributed by atoms with van der Waals surface area (Å²) < 4.78 is 3.91. The molecule has 7 heteroatoms. The summed E-state index contributed by atoms with van der Waals surface area (Å²) in [7, 11) is 0. The first-order chi connectivity index (χ1) is 15.3. The summed E-state index contributed by atoms with van der Waals surface area (Å²) in [6, 6.07) is 18.8. The van der Waals surface area contributed by atoms with E-state index in [1.165, 1.54) is 5.69 Å². The number of nitrogens with zero attached hydrogens (tertiary/aromatic N) is 5. The molecule has 7 nitrogen and oxygen atoms in total. The molecule has 0 atom stereocenters. The van der Waals surface area contributed by atoms with E-state index in [-0.39, 0.29) is 0 Å². The SMILES string of the molecule is Nc1ncnn2c(C3CCNCC3)cc(-c3ccc4cn(-c5ccccc5)nc4c3)c12. The molecule has 1 saturated heterocycles. The van der Waals surface area contributed by atoms with Crippen LogP contribution in [0.4, 0.5) is 5.82 Å². The van der Waals surface area contributed by atoms with Gasteiger partial charge in [0.05, 0.1) is 11.2 Å². The van der Waals surface area contributed by atoms with Crippen molar-refractivity contribution in [3.63, 3.8) is 0 Å². The van der Waals surface area contributed by atoms with Gasteiger partial charge in [0.15, 0.2) is 5.82 Å². The molecular weight excluding hydrogens is 386 g/mol. The molecule has 0 amide bonds. The van der Waals surface area contributed by atoms with Gasteiger partial charge in [0, 0.05) is 28.8 Å². The molecule has 4 heterocycles. The molecule has 1 aliphatic heterocycles. The number of nitrogen functional groups attached to an aromatic ring is 1. The number of hydrogen-bond acceptors (Lipinski definition) is 5. The standard InChI is InChI=1S/C24H23N7/c25-24-23-20(13-22(31(23)28-15-27-24)16-8-10-26-11-9-16)17-6-7-18-14-30(29-21(18)12-17)19-4-2-1-3-5-19/h1-7,12-16,26H,8-11H2,(H2,25,27,28). The van der Waals surface area contributed by atoms with E-state index in [1.807, 2.05) is 27.4 Å². The van der Waals surface area contributed by atoms with E-state index < -0.39 is 0 Å². The van der Waals surface area contributed by atoms with Crippen LogP contribution in [-0.4, -0.2) is 37.5 Å². The van der Waals surface area contributed by atoms with Crippen molar-refractivity contribution in [1.29, 1.82) is 0 Å². The fraction of sp³-hybridized carbons (Fsp3) is 0.208. The smallest absolute Gasteiger partial charge is 0.151 e. The first kappa shape index (κ1) is 18.1. The van der Waals surface area contributed by atoms with Crippen LogP contribution in [0.2, 0.25) is 0 Å². The minimum absolute atomic E-state index is 0.456. The third-order valence-electron chi connectivity index (χ3n) is 6.21. The Labute approximate surface area is 179 Å². The van der Waals surface area contributed by atoms with Crippen molar-refractivity contribution in [3.8, 4) is 16.8 Å². The molecule has 0 aliphatic carbocycles. The van der Waals surface area contributed by atoms with E-state index in [0.29, 0.717) is 11.7 Å². The number of anilines is 1. The second-order valence-electron chi connectivity index (χ2n) is 8.10. The van der Waals surface area contributed by atoms with Gasteiger partial charge in [0.2, 0.25) is 0 Å². The lowest BCUT2D eigenvalue weighted by atomic mass is 9.94. The second kappa shape index (κ2) is 7.21. The van der Waals surface area contributed by atoms with Crippen molar-refractivity contribution >= 4 is 22.2 Å². The molecule has 31 heavy (non-hydrogen) atoms. The molecule has 1 aliphatic rings. The van der Waals surface area contributed by atoms with Gasteiger partial charge in [-0.3, -0.25) is 0 Å². The van der Waals surface area contributed by atoms with Crippen LogP contribution >= 0.6 is 0 Å². The Morgan fingerprint density at radius 1 is 1.00 bits per heavy atom. The average Bonchev–Trinajstić information content (AvgIpc) is 3.42. The van der Waals surface area contributed by atoms with Gasteiger partial charge < -0.3 is 11.1 Å². The highest BCUT2D eigenvalue weighted by molar-refractivity contribution is 5.92. The molecule has 2 aromatic carbocycles. The van der Waals surface area contributed by atoms with Gasteiger partial charge in [0.1, 0.15) is 11.8 Å². The molecule has 6 rings (SSSR count). The van der Waals surface area contributed by atoms with Gasteiger partial charge in [-0.1, -0.05) is 30.3 Å². The maximum absolute atomic E-state index is 6.33. The molecule has 154 valence electrons. The minimum atomic E-state index is 0.456. The molecule has 0 radical (unpaired) electrons. The number of nitrogens with two attached hydrogens (primary N) is 1. The van der Waals surface area contributed by atoms with E-state index >= 15 is 0 Å². The summed E-state index contributed by atoms with van der Waals surface area (Å²) in [6.45, 7) is 2.05. The Morgan fingerprint density at radius 3 is 2.68 bits per heavy atom. The number of nitrogens with one attached hydrogen (secondary N) is 1. The van der Waals surface area contributed by atoms with Gasteiger partial charge >= 0.3 is 0 Å². The summed E-state index contributed by atoms with van der Waals surface area (Å²) in [5.74, 6) is 0.956. The van der Waals surface area contributed by atoms with Crippen molar-refractivity contribution in [2.75, 3.05) is 18.8 Å². The summed E-state index contributed by atoms with van der Waals surface area (Å²) in [5.41, 5.74) is 12.5. The minimum Gasteiger partial charge on any atom is -0.382 e. The number of hydrogen-bond donors (Lipinski definition) is 2. The molecule has 1 fully saturated rings. The molecule has 3 N–H and O–H groups in total. The van der Waals surface area contributed by atoms with Crippen LogP contribution in [0.25, 0.3) is 33.2 Å². The largest absolute Gasteiger partial charge is 0.382 e. The highest BCUT2D eigenvalue weighted by Gasteiger charge is 2.23. The van der Waals surface area contributed by atoms with Crippen LogP contribution in [0.5, 0.6) is 0 Å². The molecule has 0 saturated carbocycles. The van der Waals surface area contributed by atoms with Gasteiger partial charge in [-0.15, -0.1) is 0 Å². The zero-order valence-electron chi connectivity index (χ0n) is 17.1. The third-order valence-corrected chi connectivity index (χ3v) is 6.21. The summed E-state index contributed by atoms with van der Waals surface area (Å²) in [5, 5.41) is 13.9. The Balaban J connectivity index is 1.50. The van der Waals surface area contributed by atoms with Crippen LogP contribution in [-0.2, 0) is 0 Å². The lowest BCUT2D eigenvalue weighted by Gasteiger charge is -2.22. The quantitative estimate of drug-likeness (QED) is 0.474. The van der Waals surface area contributed by atoms with Gasteiger partial charge in [-0.25, -0.2) is 14.2 Å². The lowest BCUT2D eigenvalue weighted by molar-refractivity contribution is 0.448. The van der Waals surface area contributed by atoms with Crippen LogP contribution in [0.1, 0.15) is 24.5 Å². The van der Waals surface area contributed by atoms with E-state index in [4.69, 9.17) is 10.8 Å². The van der Waals surface area contributed by atoms with Crippen LogP contribution in [0.3, 0.4) is 0 Å². The first-order valence-electron chi connectivity index (χ1n) is 10.7. The monoisotopic (exact) mass is 409 g/mol. The highest BCUT2D eigenvalue weighted by Crippen LogP contribution is 2.36. The van der Waals surface area contributed by atoms with Crippen molar-refractivity contribution < 1.29 is 0 Å². The molecular formula is C24H23N7. The van der Waals surface area contributed by atoms with E-state index in [9.17, 15) is 0 Å². The topological polar surface area (TPSA) is 86.1 Å². The zero-order valence-corrected chi connectivity index (χ0v) is 17.1. The maximum Gasteiger partial charge on any atom is 0.151 e. The zero-order chi connectivity index (χ0) is 20.8. The second-order valence-corrected chi connectivity index (χ2v) is 8.10. The molecule has 0 bridgehead atoms. The predicted octanol–water partition coefficient (Wildman–Crippen LogP) is 3.78. The predicted molar refractivity (Wildman–Crippen MR) is 122 cm³/mol. The number of piperidine rings is 1. The molecule has 0 unspecified atom stereocenters. The third kappa shape index (κ3) is 3.05. The molecule has 0 spiro atoms. The van der Waals surface area contributed by atoms with Crippen LogP contribution in [0, 0.1) is 0 Å². The van der Waals surface area contributed by atoms with E-state index in [0.717, 1.165) is 59.2 Å². The Morgan fingerprint density at radius 2 is 1.84 bits per heavy atom. The summed E-state index contributed by atoms with van der Waals surface area (Å²) >= 11 is 0. The lowest BCUT2D eigenvalue weighted by Crippen LogP contribution is -2.27. The highest BCUT2D eigenvalue weighted by atomic mass is 15.3. The molecule has 5 aromatic rings. The number of rotatable bonds is 3. The fourth-order valence-corrected chi connectivity index (χ4v) is 4.62. The van der Waals surface area contributed by atoms with Crippen LogP contribution < -0.4 is 11.1 Å². The maximum atomic E-state index is 6.33. The molecule has 3 aromatic heterocycles. The van der Waals surface area contributed by atoms with Crippen LogP contribution in [0.15, 0.2) is 67.1 Å².